The molecule has 29 heavy (non-hydrogen) atoms. The third-order valence-corrected chi connectivity index (χ3v) is 4.99. The van der Waals surface area contributed by atoms with Gasteiger partial charge in [-0.25, -0.2) is 9.78 Å². The van der Waals surface area contributed by atoms with Crippen LogP contribution in [-0.4, -0.2) is 33.4 Å². The van der Waals surface area contributed by atoms with E-state index in [0.29, 0.717) is 10.8 Å². The topological polar surface area (TPSA) is 107 Å². The zero-order valence-electron chi connectivity index (χ0n) is 15.2. The van der Waals surface area contributed by atoms with Crippen LogP contribution in [0.5, 0.6) is 0 Å². The molecule has 0 saturated heterocycles. The van der Waals surface area contributed by atoms with E-state index < -0.39 is 11.9 Å². The fourth-order valence-corrected chi connectivity index (χ4v) is 3.52. The summed E-state index contributed by atoms with van der Waals surface area (Å²) in [6.45, 7) is 1.66. The van der Waals surface area contributed by atoms with Crippen molar-refractivity contribution in [3.05, 3.63) is 65.5 Å². The number of aromatic nitrogens is 1. The van der Waals surface area contributed by atoms with Crippen molar-refractivity contribution in [2.75, 3.05) is 10.4 Å². The number of carboxylic acid groups (broad SMARTS) is 1. The number of carbonyl (C=O) groups excluding carboxylic acids is 1. The Labute approximate surface area is 169 Å². The number of aromatic carboxylic acids is 1. The van der Waals surface area contributed by atoms with Crippen molar-refractivity contribution in [3.8, 4) is 11.3 Å². The Morgan fingerprint density at radius 1 is 1.14 bits per heavy atom. The number of anilines is 2. The largest absolute Gasteiger partial charge is 0.478 e. The number of hydrogen-bond acceptors (Lipinski definition) is 7. The average Bonchev–Trinajstić information content (AvgIpc) is 3.32. The Morgan fingerprint density at radius 2 is 1.86 bits per heavy atom. The zero-order valence-corrected chi connectivity index (χ0v) is 16.1. The van der Waals surface area contributed by atoms with E-state index in [1.807, 2.05) is 35.7 Å². The van der Waals surface area contributed by atoms with Crippen LogP contribution in [0.3, 0.4) is 0 Å². The van der Waals surface area contributed by atoms with Gasteiger partial charge in [-0.1, -0.05) is 42.5 Å². The highest BCUT2D eigenvalue weighted by molar-refractivity contribution is 7.14. The lowest BCUT2D eigenvalue weighted by atomic mass is 10.2. The van der Waals surface area contributed by atoms with Crippen molar-refractivity contribution in [2.45, 2.75) is 6.92 Å². The lowest BCUT2D eigenvalue weighted by molar-refractivity contribution is -0.112. The maximum atomic E-state index is 12.8. The number of nitrogens with one attached hydrogen (secondary N) is 1. The second kappa shape index (κ2) is 7.64. The molecule has 8 nitrogen and oxygen atoms in total. The number of amides is 1. The Balaban J connectivity index is 1.57. The molecule has 1 aromatic heterocycles. The van der Waals surface area contributed by atoms with Crippen molar-refractivity contribution in [3.63, 3.8) is 0 Å². The summed E-state index contributed by atoms with van der Waals surface area (Å²) in [6, 6.07) is 16.0. The van der Waals surface area contributed by atoms with Crippen LogP contribution in [0.15, 0.2) is 70.2 Å². The monoisotopic (exact) mass is 405 g/mol. The number of nitrogens with zero attached hydrogens (tertiary/aromatic N) is 4. The first-order chi connectivity index (χ1) is 14.0. The molecule has 2 heterocycles. The summed E-state index contributed by atoms with van der Waals surface area (Å²) in [4.78, 5) is 28.6. The Kier molecular flexibility index (Phi) is 4.88. The molecule has 0 radical (unpaired) electrons. The summed E-state index contributed by atoms with van der Waals surface area (Å²) in [7, 11) is 0. The van der Waals surface area contributed by atoms with Gasteiger partial charge in [-0.3, -0.25) is 10.2 Å². The van der Waals surface area contributed by atoms with Crippen LogP contribution in [-0.2, 0) is 4.79 Å². The summed E-state index contributed by atoms with van der Waals surface area (Å²) < 4.78 is 0. The number of hydrogen-bond donors (Lipinski definition) is 2. The van der Waals surface area contributed by atoms with Crippen LogP contribution >= 0.6 is 11.3 Å². The van der Waals surface area contributed by atoms with E-state index in [-0.39, 0.29) is 17.0 Å². The number of carbonyl (C=O) groups is 2. The van der Waals surface area contributed by atoms with Crippen molar-refractivity contribution < 1.29 is 14.7 Å². The molecule has 0 spiro atoms. The van der Waals surface area contributed by atoms with Gasteiger partial charge in [0.1, 0.15) is 0 Å². The number of rotatable bonds is 5. The minimum absolute atomic E-state index is 0.0566. The third kappa shape index (κ3) is 3.63. The second-order valence-corrected chi connectivity index (χ2v) is 6.94. The molecular formula is C20H15N5O3S. The Hall–Kier alpha value is -3.85. The molecule has 0 saturated carbocycles. The zero-order chi connectivity index (χ0) is 20.4. The molecule has 0 unspecified atom stereocenters. The van der Waals surface area contributed by atoms with E-state index in [2.05, 4.69) is 20.6 Å². The van der Waals surface area contributed by atoms with Crippen LogP contribution in [0.25, 0.3) is 11.3 Å². The molecule has 3 aromatic rings. The Morgan fingerprint density at radius 3 is 2.62 bits per heavy atom. The van der Waals surface area contributed by atoms with Crippen molar-refractivity contribution in [1.82, 2.24) is 4.98 Å². The molecule has 1 amide bonds. The van der Waals surface area contributed by atoms with Gasteiger partial charge in [0.15, 0.2) is 5.71 Å². The maximum absolute atomic E-state index is 12.8. The van der Waals surface area contributed by atoms with Gasteiger partial charge in [0, 0.05) is 10.9 Å². The molecule has 1 aliphatic heterocycles. The van der Waals surface area contributed by atoms with E-state index >= 15 is 0 Å². The lowest BCUT2D eigenvalue weighted by Gasteiger charge is -2.07. The molecule has 144 valence electrons. The first-order valence-corrected chi connectivity index (χ1v) is 9.49. The maximum Gasteiger partial charge on any atom is 0.337 e. The SMILES string of the molecule is CC1=NN(c2nc(-c3ccccc3)cs2)C(=O)/C1=N/Nc1ccccc1C(=O)O. The summed E-state index contributed by atoms with van der Waals surface area (Å²) in [5.74, 6) is -1.52. The van der Waals surface area contributed by atoms with E-state index in [0.717, 1.165) is 11.3 Å². The minimum atomic E-state index is -1.09. The molecular weight excluding hydrogens is 390 g/mol. The highest BCUT2D eigenvalue weighted by atomic mass is 32.1. The molecule has 0 fully saturated rings. The summed E-state index contributed by atoms with van der Waals surface area (Å²) in [5, 5.41) is 21.1. The predicted octanol–water partition coefficient (Wildman–Crippen LogP) is 3.70. The van der Waals surface area contributed by atoms with E-state index in [9.17, 15) is 14.7 Å². The number of hydrazone groups is 2. The highest BCUT2D eigenvalue weighted by Crippen LogP contribution is 2.29. The predicted molar refractivity (Wildman–Crippen MR) is 113 cm³/mol. The fraction of sp³-hybridized carbons (Fsp3) is 0.0500. The molecule has 1 aliphatic rings. The van der Waals surface area contributed by atoms with E-state index in [1.165, 1.54) is 22.4 Å². The molecule has 2 N–H and O–H groups in total. The molecule has 0 aliphatic carbocycles. The quantitative estimate of drug-likeness (QED) is 0.630. The van der Waals surface area contributed by atoms with Gasteiger partial charge in [0.2, 0.25) is 5.13 Å². The number of carboxylic acids is 1. The molecule has 2 aromatic carbocycles. The highest BCUT2D eigenvalue weighted by Gasteiger charge is 2.32. The van der Waals surface area contributed by atoms with Crippen molar-refractivity contribution >= 4 is 45.5 Å². The summed E-state index contributed by atoms with van der Waals surface area (Å²) in [5.41, 5.74) is 5.21. The van der Waals surface area contributed by atoms with E-state index in [4.69, 9.17) is 0 Å². The van der Waals surface area contributed by atoms with E-state index in [1.54, 1.807) is 25.1 Å². The number of thiazole rings is 1. The molecule has 9 heteroatoms. The molecule has 0 atom stereocenters. The number of para-hydroxylation sites is 1. The van der Waals surface area contributed by atoms with Crippen LogP contribution in [0.1, 0.15) is 17.3 Å². The second-order valence-electron chi connectivity index (χ2n) is 6.11. The Bertz CT molecular complexity index is 1150. The average molecular weight is 405 g/mol. The van der Waals surface area contributed by atoms with Gasteiger partial charge in [0.25, 0.3) is 0 Å². The smallest absolute Gasteiger partial charge is 0.337 e. The van der Waals surface area contributed by atoms with Gasteiger partial charge in [-0.15, -0.1) is 11.3 Å². The molecule has 0 bridgehead atoms. The van der Waals surface area contributed by atoms with Crippen LogP contribution in [0.4, 0.5) is 10.8 Å². The first-order valence-electron chi connectivity index (χ1n) is 8.61. The van der Waals surface area contributed by atoms with Gasteiger partial charge in [0.05, 0.1) is 22.7 Å². The van der Waals surface area contributed by atoms with Crippen LogP contribution in [0, 0.1) is 0 Å². The van der Waals surface area contributed by atoms with Gasteiger partial charge in [-0.2, -0.15) is 15.2 Å². The number of benzene rings is 2. The lowest BCUT2D eigenvalue weighted by Crippen LogP contribution is -2.28. The standard InChI is InChI=1S/C20H15N5O3S/c1-12-17(23-22-15-10-6-5-9-14(15)19(27)28)18(26)25(24-12)20-21-16(11-29-20)13-7-3-2-4-8-13/h2-11,22H,1H3,(H,27,28)/b23-17+. The third-order valence-electron chi connectivity index (χ3n) is 4.18. The van der Waals surface area contributed by atoms with Gasteiger partial charge in [-0.05, 0) is 19.1 Å². The van der Waals surface area contributed by atoms with Gasteiger partial charge < -0.3 is 5.11 Å². The molecule has 4 rings (SSSR count). The van der Waals surface area contributed by atoms with Crippen molar-refractivity contribution in [2.24, 2.45) is 10.2 Å². The van der Waals surface area contributed by atoms with Gasteiger partial charge >= 0.3 is 11.9 Å². The normalized spacial score (nSPS) is 14.9. The first kappa shape index (κ1) is 18.5. The minimum Gasteiger partial charge on any atom is -0.478 e. The fourth-order valence-electron chi connectivity index (χ4n) is 2.74. The van der Waals surface area contributed by atoms with Crippen LogP contribution in [0.2, 0.25) is 0 Å². The summed E-state index contributed by atoms with van der Waals surface area (Å²) in [6.07, 6.45) is 0. The summed E-state index contributed by atoms with van der Waals surface area (Å²) >= 11 is 1.30. The van der Waals surface area contributed by atoms with Crippen molar-refractivity contribution in [1.29, 1.82) is 0 Å². The van der Waals surface area contributed by atoms with Crippen LogP contribution < -0.4 is 10.4 Å².